The number of nitrogens with one attached hydrogen (secondary N) is 2. The fourth-order valence-electron chi connectivity index (χ4n) is 4.19. The molecule has 3 amide bonds. The second-order valence-corrected chi connectivity index (χ2v) is 11.4. The highest BCUT2D eigenvalue weighted by atomic mass is 32.2. The fourth-order valence-corrected chi connectivity index (χ4v) is 4.81. The molecule has 2 N–H and O–H groups in total. The van der Waals surface area contributed by atoms with Crippen molar-refractivity contribution in [1.82, 2.24) is 25.7 Å². The highest BCUT2D eigenvalue weighted by molar-refractivity contribution is 7.99. The Morgan fingerprint density at radius 3 is 2.32 bits per heavy atom. The summed E-state index contributed by atoms with van der Waals surface area (Å²) in [6.45, 7) is 8.18. The lowest BCUT2D eigenvalue weighted by Crippen LogP contribution is -2.65. The average molecular weight is 546 g/mol. The number of benzene rings is 1. The number of likely N-dealkylation sites (tertiary alicyclic amines) is 1. The number of ketones is 1. The number of hydrogen-bond donors (Lipinski definition) is 2. The number of methoxy groups -OCH3 is 1. The number of carbonyl (C=O) groups excluding carboxylic acids is 4. The maximum atomic E-state index is 13.8. The van der Waals surface area contributed by atoms with Crippen LogP contribution < -0.4 is 10.6 Å². The number of Topliss-reactive ketones (excluding diaryl/α,β-unsaturated/α-hetero) is 1. The van der Waals surface area contributed by atoms with E-state index in [-0.39, 0.29) is 48.2 Å². The van der Waals surface area contributed by atoms with Gasteiger partial charge in [0, 0.05) is 23.9 Å². The quantitative estimate of drug-likeness (QED) is 0.339. The Bertz CT molecular complexity index is 1130. The van der Waals surface area contributed by atoms with Crippen LogP contribution >= 0.6 is 11.8 Å². The number of piperidine rings is 1. The average Bonchev–Trinajstić information content (AvgIpc) is 3.35. The third-order valence-electron chi connectivity index (χ3n) is 6.16. The second kappa shape index (κ2) is 12.9. The number of thioether (sulfide) groups is 1. The van der Waals surface area contributed by atoms with Gasteiger partial charge in [-0.15, -0.1) is 10.2 Å². The Kier molecular flexibility index (Phi) is 9.90. The summed E-state index contributed by atoms with van der Waals surface area (Å²) in [7, 11) is 1.29. The number of aromatic nitrogens is 2. The highest BCUT2D eigenvalue weighted by Gasteiger charge is 2.45. The van der Waals surface area contributed by atoms with Crippen molar-refractivity contribution in [3.8, 4) is 0 Å². The van der Waals surface area contributed by atoms with Gasteiger partial charge in [-0.2, -0.15) is 0 Å². The molecule has 0 aliphatic carbocycles. The van der Waals surface area contributed by atoms with Crippen LogP contribution in [0.2, 0.25) is 0 Å². The molecule has 38 heavy (non-hydrogen) atoms. The van der Waals surface area contributed by atoms with Gasteiger partial charge in [-0.05, 0) is 37.3 Å². The van der Waals surface area contributed by atoms with Gasteiger partial charge in [0.05, 0.1) is 13.2 Å². The Morgan fingerprint density at radius 2 is 1.74 bits per heavy atom. The Balaban J connectivity index is 1.85. The Hall–Kier alpha value is -3.41. The van der Waals surface area contributed by atoms with Crippen LogP contribution in [0.15, 0.2) is 40.0 Å². The summed E-state index contributed by atoms with van der Waals surface area (Å²) >= 11 is 1.34. The molecular formula is C26H35N5O6S. The molecule has 0 bridgehead atoms. The van der Waals surface area contributed by atoms with Crippen molar-refractivity contribution in [1.29, 1.82) is 0 Å². The van der Waals surface area contributed by atoms with E-state index in [0.29, 0.717) is 12.0 Å². The summed E-state index contributed by atoms with van der Waals surface area (Å²) < 4.78 is 10.4. The number of nitrogens with zero attached hydrogens (tertiary/aromatic N) is 3. The zero-order valence-electron chi connectivity index (χ0n) is 22.4. The van der Waals surface area contributed by atoms with Crippen LogP contribution in [-0.2, 0) is 9.53 Å². The first-order valence-electron chi connectivity index (χ1n) is 12.6. The van der Waals surface area contributed by atoms with E-state index in [1.54, 1.807) is 30.3 Å². The predicted molar refractivity (Wildman–Crippen MR) is 141 cm³/mol. The van der Waals surface area contributed by atoms with Crippen LogP contribution in [0.3, 0.4) is 0 Å². The summed E-state index contributed by atoms with van der Waals surface area (Å²) in [4.78, 5) is 53.8. The van der Waals surface area contributed by atoms with Crippen molar-refractivity contribution < 1.29 is 28.3 Å². The van der Waals surface area contributed by atoms with Gasteiger partial charge in [0.25, 0.3) is 17.0 Å². The monoisotopic (exact) mass is 545 g/mol. The lowest BCUT2D eigenvalue weighted by Gasteiger charge is -2.41. The lowest BCUT2D eigenvalue weighted by atomic mass is 9.85. The van der Waals surface area contributed by atoms with Gasteiger partial charge in [-0.1, -0.05) is 57.7 Å². The minimum atomic E-state index is -1.35. The molecule has 3 rings (SSSR count). The van der Waals surface area contributed by atoms with Crippen LogP contribution in [-0.4, -0.2) is 75.8 Å². The minimum Gasteiger partial charge on any atom is -0.453 e. The molecule has 1 fully saturated rings. The van der Waals surface area contributed by atoms with E-state index in [0.717, 1.165) is 0 Å². The molecule has 0 radical (unpaired) electrons. The molecule has 0 spiro atoms. The van der Waals surface area contributed by atoms with Crippen molar-refractivity contribution in [2.24, 2.45) is 5.92 Å². The number of carbonyl (C=O) groups is 4. The number of ether oxygens (including phenoxy) is 1. The largest absolute Gasteiger partial charge is 0.453 e. The van der Waals surface area contributed by atoms with E-state index in [2.05, 4.69) is 20.8 Å². The van der Waals surface area contributed by atoms with E-state index >= 15 is 0 Å². The zero-order chi connectivity index (χ0) is 27.9. The van der Waals surface area contributed by atoms with Crippen molar-refractivity contribution in [2.75, 3.05) is 20.2 Å². The first-order valence-corrected chi connectivity index (χ1v) is 13.5. The summed E-state index contributed by atoms with van der Waals surface area (Å²) in [5.41, 5.74) is -0.952. The SMILES string of the molecule is COC(=O)N1CCC(NC(=O)c2ccccc2)(C(=O)N[C@@H](CC(C)C)C(=O)c2nnc(SC(C)C)o2)CC1. The van der Waals surface area contributed by atoms with Gasteiger partial charge < -0.3 is 24.7 Å². The summed E-state index contributed by atoms with van der Waals surface area (Å²) in [6.07, 6.45) is 0.111. The van der Waals surface area contributed by atoms with E-state index in [9.17, 15) is 19.2 Å². The van der Waals surface area contributed by atoms with Crippen LogP contribution in [0.1, 0.15) is 68.0 Å². The van der Waals surface area contributed by atoms with E-state index < -0.39 is 35.3 Å². The number of rotatable bonds is 10. The molecule has 1 aliphatic heterocycles. The topological polar surface area (TPSA) is 144 Å². The van der Waals surface area contributed by atoms with Crippen LogP contribution in [0, 0.1) is 5.92 Å². The molecule has 1 aliphatic rings. The standard InChI is InChI=1S/C26H35N5O6S/c1-16(2)15-19(20(32)22-29-30-24(37-22)38-17(3)4)27-23(34)26(11-13-31(14-12-26)25(35)36-5)28-21(33)18-9-7-6-8-10-18/h6-10,16-17,19H,11-15H2,1-5H3,(H,27,34)(H,28,33)/t19-/m0/s1. The van der Waals surface area contributed by atoms with Crippen LogP contribution in [0.5, 0.6) is 0 Å². The van der Waals surface area contributed by atoms with Gasteiger partial charge >= 0.3 is 6.09 Å². The lowest BCUT2D eigenvalue weighted by molar-refractivity contribution is -0.129. The maximum absolute atomic E-state index is 13.8. The summed E-state index contributed by atoms with van der Waals surface area (Å²) in [5.74, 6) is -1.55. The van der Waals surface area contributed by atoms with Gasteiger partial charge in [0.1, 0.15) is 5.54 Å². The summed E-state index contributed by atoms with van der Waals surface area (Å²) in [5, 5.41) is 14.0. The first-order chi connectivity index (χ1) is 18.0. The molecule has 11 nitrogen and oxygen atoms in total. The van der Waals surface area contributed by atoms with Crippen molar-refractivity contribution in [2.45, 2.75) is 69.0 Å². The van der Waals surface area contributed by atoms with E-state index in [4.69, 9.17) is 9.15 Å². The van der Waals surface area contributed by atoms with Gasteiger partial charge in [-0.25, -0.2) is 4.79 Å². The van der Waals surface area contributed by atoms with Crippen molar-refractivity contribution in [3.05, 3.63) is 41.8 Å². The molecule has 0 unspecified atom stereocenters. The van der Waals surface area contributed by atoms with Gasteiger partial charge in [0.2, 0.25) is 11.7 Å². The van der Waals surface area contributed by atoms with Gasteiger partial charge in [-0.3, -0.25) is 14.4 Å². The minimum absolute atomic E-state index is 0.0627. The molecule has 12 heteroatoms. The van der Waals surface area contributed by atoms with Crippen LogP contribution in [0.25, 0.3) is 0 Å². The third-order valence-corrected chi connectivity index (χ3v) is 6.99. The molecule has 2 aromatic rings. The molecule has 0 saturated carbocycles. The number of hydrogen-bond acceptors (Lipinski definition) is 9. The molecule has 1 atom stereocenters. The van der Waals surface area contributed by atoms with Crippen molar-refractivity contribution >= 4 is 35.5 Å². The fraction of sp³-hybridized carbons (Fsp3) is 0.538. The highest BCUT2D eigenvalue weighted by Crippen LogP contribution is 2.26. The molecule has 1 saturated heterocycles. The molecule has 1 aromatic heterocycles. The van der Waals surface area contributed by atoms with E-state index in [1.807, 2.05) is 27.7 Å². The maximum Gasteiger partial charge on any atom is 0.409 e. The first kappa shape index (κ1) is 29.2. The summed E-state index contributed by atoms with van der Waals surface area (Å²) in [6, 6.07) is 7.61. The smallest absolute Gasteiger partial charge is 0.409 e. The molecule has 2 heterocycles. The van der Waals surface area contributed by atoms with Gasteiger partial charge in [0.15, 0.2) is 0 Å². The predicted octanol–water partition coefficient (Wildman–Crippen LogP) is 3.31. The second-order valence-electron chi connectivity index (χ2n) is 9.92. The molecular weight excluding hydrogens is 510 g/mol. The molecule has 206 valence electrons. The number of amides is 3. The Labute approximate surface area is 226 Å². The zero-order valence-corrected chi connectivity index (χ0v) is 23.2. The van der Waals surface area contributed by atoms with E-state index in [1.165, 1.54) is 23.8 Å². The van der Waals surface area contributed by atoms with Crippen LogP contribution in [0.4, 0.5) is 4.79 Å². The third kappa shape index (κ3) is 7.33. The Morgan fingerprint density at radius 1 is 1.08 bits per heavy atom. The van der Waals surface area contributed by atoms with Crippen molar-refractivity contribution in [3.63, 3.8) is 0 Å². The molecule has 1 aromatic carbocycles. The normalized spacial score (nSPS) is 15.7.